The number of guanidine groups is 1. The minimum absolute atomic E-state index is 0.0438. The number of carbonyl (C=O) groups excluding carboxylic acids is 9. The van der Waals surface area contributed by atoms with Crippen LogP contribution in [-0.2, 0) is 54.4 Å². The molecule has 0 aromatic heterocycles. The maximum atomic E-state index is 14.0. The van der Waals surface area contributed by atoms with Gasteiger partial charge in [-0.15, -0.1) is 11.8 Å². The first kappa shape index (κ1) is 58.3. The maximum absolute atomic E-state index is 14.0. The summed E-state index contributed by atoms with van der Waals surface area (Å²) in [5, 5.41) is 32.2. The molecule has 1 saturated heterocycles. The van der Waals surface area contributed by atoms with Crippen LogP contribution in [0.5, 0.6) is 0 Å². The molecule has 1 aliphatic rings. The molecule has 0 aliphatic carbocycles. The van der Waals surface area contributed by atoms with E-state index in [2.05, 4.69) is 78.1 Å². The fraction of sp³-hybridized carbons (Fsp3) is 0.585. The smallest absolute Gasteiger partial charge is 0.305 e. The van der Waals surface area contributed by atoms with Crippen LogP contribution >= 0.6 is 37.0 Å². The number of nitrogens with two attached hydrogens (primary N) is 3. The molecule has 0 saturated carbocycles. The van der Waals surface area contributed by atoms with Crippen LogP contribution in [0.2, 0.25) is 0 Å². The summed E-state index contributed by atoms with van der Waals surface area (Å²) in [4.78, 5) is 138. The fourth-order valence-corrected chi connectivity index (χ4v) is 7.69. The van der Waals surface area contributed by atoms with E-state index < -0.39 is 114 Å². The lowest BCUT2D eigenvalue weighted by atomic mass is 10.0. The predicted molar refractivity (Wildman–Crippen MR) is 260 cm³/mol. The number of thioether (sulfide) groups is 1. The number of carboxylic acid groups (broad SMARTS) is 1. The Kier molecular flexibility index (Phi) is 27.5. The summed E-state index contributed by atoms with van der Waals surface area (Å²) in [6.07, 6.45) is 0.610. The number of aliphatic imine (C=N–C) groups is 1. The van der Waals surface area contributed by atoms with Crippen molar-refractivity contribution in [2.24, 2.45) is 22.2 Å². The van der Waals surface area contributed by atoms with Gasteiger partial charge in [0.2, 0.25) is 53.2 Å². The fourth-order valence-electron chi connectivity index (χ4n) is 6.32. The van der Waals surface area contributed by atoms with Gasteiger partial charge < -0.3 is 70.2 Å². The van der Waals surface area contributed by atoms with Crippen molar-refractivity contribution in [3.63, 3.8) is 0 Å². The minimum atomic E-state index is -1.78. The van der Waals surface area contributed by atoms with E-state index in [1.807, 2.05) is 6.92 Å². The van der Waals surface area contributed by atoms with E-state index in [4.69, 9.17) is 17.2 Å². The van der Waals surface area contributed by atoms with E-state index in [0.29, 0.717) is 31.4 Å². The summed E-state index contributed by atoms with van der Waals surface area (Å²) in [5.41, 5.74) is 17.1. The zero-order valence-corrected chi connectivity index (χ0v) is 40.4. The van der Waals surface area contributed by atoms with Gasteiger partial charge in [-0.1, -0.05) is 37.3 Å². The van der Waals surface area contributed by atoms with E-state index in [1.165, 1.54) is 0 Å². The van der Waals surface area contributed by atoms with Crippen molar-refractivity contribution in [3.8, 4) is 0 Å². The zero-order chi connectivity index (χ0) is 50.6. The van der Waals surface area contributed by atoms with E-state index in [1.54, 1.807) is 30.3 Å². The van der Waals surface area contributed by atoms with Gasteiger partial charge in [-0.25, -0.2) is 0 Å². The average Bonchev–Trinajstić information content (AvgIpc) is 3.30. The minimum Gasteiger partial charge on any atom is -0.481 e. The molecule has 1 aliphatic heterocycles. The largest absolute Gasteiger partial charge is 0.481 e. The molecule has 1 aromatic rings. The number of hydrogen-bond acceptors (Lipinski definition) is 15. The molecule has 1 aromatic carbocycles. The third-order valence-electron chi connectivity index (χ3n) is 9.88. The van der Waals surface area contributed by atoms with E-state index in [-0.39, 0.29) is 67.7 Å². The lowest BCUT2D eigenvalue weighted by molar-refractivity contribution is -0.141. The molecule has 0 spiro atoms. The first-order valence-electron chi connectivity index (χ1n) is 21.9. The van der Waals surface area contributed by atoms with Gasteiger partial charge in [0, 0.05) is 36.8 Å². The van der Waals surface area contributed by atoms with Crippen molar-refractivity contribution < 1.29 is 53.1 Å². The normalized spacial score (nSPS) is 23.4. The summed E-state index contributed by atoms with van der Waals surface area (Å²) >= 11 is 9.39. The number of nitrogens with zero attached hydrogens (tertiary/aromatic N) is 1. The number of unbranched alkanes of at least 4 members (excludes halogenated alkanes) is 1. The lowest BCUT2D eigenvalue weighted by Crippen LogP contribution is -2.60. The summed E-state index contributed by atoms with van der Waals surface area (Å²) < 4.78 is 0. The van der Waals surface area contributed by atoms with Gasteiger partial charge in [-0.2, -0.15) is 25.3 Å². The van der Waals surface area contributed by atoms with Crippen LogP contribution in [0.3, 0.4) is 0 Å². The Bertz CT molecular complexity index is 1910. The molecular formula is C41H65N13O11S3. The number of aliphatic carboxylic acids is 1. The molecule has 24 nitrogen and oxygen atoms in total. The Morgan fingerprint density at radius 3 is 1.85 bits per heavy atom. The van der Waals surface area contributed by atoms with Crippen LogP contribution < -0.4 is 65.1 Å². The third-order valence-corrected chi connectivity index (χ3v) is 11.6. The molecule has 16 N–H and O–H groups in total. The Morgan fingerprint density at radius 1 is 0.721 bits per heavy atom. The van der Waals surface area contributed by atoms with E-state index in [9.17, 15) is 53.1 Å². The monoisotopic (exact) mass is 1010 g/mol. The van der Waals surface area contributed by atoms with Gasteiger partial charge in [-0.3, -0.25) is 52.9 Å². The Morgan fingerprint density at radius 2 is 1.26 bits per heavy atom. The number of amides is 9. The van der Waals surface area contributed by atoms with Crippen molar-refractivity contribution >= 4 is 102 Å². The zero-order valence-electron chi connectivity index (χ0n) is 37.8. The second-order valence-corrected chi connectivity index (χ2v) is 17.2. The molecule has 27 heteroatoms. The maximum Gasteiger partial charge on any atom is 0.305 e. The van der Waals surface area contributed by atoms with Crippen molar-refractivity contribution in [1.82, 2.24) is 47.9 Å². The van der Waals surface area contributed by atoms with Gasteiger partial charge in [0.25, 0.3) is 0 Å². The van der Waals surface area contributed by atoms with Gasteiger partial charge in [-0.05, 0) is 50.6 Å². The SMILES string of the molecule is CCCNC(=O)[C@@H]1CSCC(=O)N[C@@H](CCCCN)C(=O)N[C@@H](CS)C(=O)N[C@@H](CCCN=C(N)N)C(=O)NCC(=O)N[C@@H](CC(=O)O)C(=O)N[C@@H](CS)C(=O)N[C@@H](Cc2ccccc2)C(=O)N1. The molecule has 9 amide bonds. The summed E-state index contributed by atoms with van der Waals surface area (Å²) in [6, 6.07) is -1.18. The highest BCUT2D eigenvalue weighted by atomic mass is 32.2. The second-order valence-electron chi connectivity index (χ2n) is 15.5. The molecule has 1 fully saturated rings. The van der Waals surface area contributed by atoms with Gasteiger partial charge >= 0.3 is 5.97 Å². The molecule has 378 valence electrons. The first-order valence-corrected chi connectivity index (χ1v) is 24.3. The van der Waals surface area contributed by atoms with E-state index in [0.717, 1.165) is 11.8 Å². The van der Waals surface area contributed by atoms with Crippen LogP contribution in [-0.4, -0.2) is 162 Å². The molecule has 0 radical (unpaired) electrons. The van der Waals surface area contributed by atoms with Crippen LogP contribution in [0.25, 0.3) is 0 Å². The Hall–Kier alpha value is -5.80. The number of hydrogen-bond donors (Lipinski definition) is 15. The van der Waals surface area contributed by atoms with Crippen LogP contribution in [0.1, 0.15) is 57.4 Å². The highest BCUT2D eigenvalue weighted by Crippen LogP contribution is 2.10. The van der Waals surface area contributed by atoms with Gasteiger partial charge in [0.1, 0.15) is 42.3 Å². The highest BCUT2D eigenvalue weighted by Gasteiger charge is 2.34. The van der Waals surface area contributed by atoms with Crippen LogP contribution in [0, 0.1) is 0 Å². The quantitative estimate of drug-likeness (QED) is 0.0303. The summed E-state index contributed by atoms with van der Waals surface area (Å²) in [5.74, 6) is -10.4. The number of carbonyl (C=O) groups is 10. The summed E-state index contributed by atoms with van der Waals surface area (Å²) in [7, 11) is 0. The average molecular weight is 1010 g/mol. The third kappa shape index (κ3) is 22.3. The van der Waals surface area contributed by atoms with Crippen LogP contribution in [0.15, 0.2) is 35.3 Å². The topological polar surface area (TPSA) is 390 Å². The highest BCUT2D eigenvalue weighted by molar-refractivity contribution is 8.00. The molecule has 68 heavy (non-hydrogen) atoms. The number of carboxylic acids is 1. The number of thiol groups is 2. The molecule has 0 bridgehead atoms. The Labute approximate surface area is 409 Å². The van der Waals surface area contributed by atoms with Gasteiger partial charge in [0.05, 0.1) is 18.7 Å². The molecule has 0 unspecified atom stereocenters. The number of rotatable bonds is 17. The number of benzene rings is 1. The molecule has 7 atom stereocenters. The summed E-state index contributed by atoms with van der Waals surface area (Å²) in [6.45, 7) is 1.60. The molecular weight excluding hydrogens is 947 g/mol. The van der Waals surface area contributed by atoms with Crippen molar-refractivity contribution in [1.29, 1.82) is 0 Å². The predicted octanol–water partition coefficient (Wildman–Crippen LogP) is -4.47. The second kappa shape index (κ2) is 32.0. The standard InChI is InChI=1S/C41H65N13O11S3/c1-2-14-45-35(60)30-21-68-22-32(56)48-25(11-6-7-13-42)36(61)52-28(19-66)39(64)50-24(12-8-15-46-41(43)44)34(59)47-18-31(55)49-27(17-33(57)58)38(63)53-29(20-67)40(65)51-26(37(62)54-30)16-23-9-4-3-5-10-23/h3-5,9-10,24-30,66-67H,2,6-8,11-22,42H2,1H3,(H,45,60)(H,47,59)(H,48,56)(H,49,55)(H,50,64)(H,51,65)(H,52,61)(H,53,63)(H,54,62)(H,57,58)(H4,43,44,46)/t24-,25-,26-,27-,28-,29-,30-/m0/s1. The van der Waals surface area contributed by atoms with Crippen molar-refractivity contribution in [2.45, 2.75) is 101 Å². The van der Waals surface area contributed by atoms with Crippen molar-refractivity contribution in [2.75, 3.05) is 49.2 Å². The Balaban J connectivity index is 2.61. The first-order chi connectivity index (χ1) is 32.4. The lowest BCUT2D eigenvalue weighted by Gasteiger charge is -2.26. The van der Waals surface area contributed by atoms with E-state index >= 15 is 0 Å². The van der Waals surface area contributed by atoms with Crippen molar-refractivity contribution in [3.05, 3.63) is 35.9 Å². The van der Waals surface area contributed by atoms with Crippen LogP contribution in [0.4, 0.5) is 0 Å². The molecule has 2 rings (SSSR count). The van der Waals surface area contributed by atoms with Gasteiger partial charge in [0.15, 0.2) is 5.96 Å². The number of nitrogens with one attached hydrogen (secondary N) is 9. The molecule has 1 heterocycles.